The number of rotatable bonds is 9. The van der Waals surface area contributed by atoms with Gasteiger partial charge in [-0.2, -0.15) is 5.10 Å². The highest BCUT2D eigenvalue weighted by atomic mass is 16.5. The average Bonchev–Trinajstić information content (AvgIpc) is 3.61. The Morgan fingerprint density at radius 2 is 1.40 bits per heavy atom. The lowest BCUT2D eigenvalue weighted by atomic mass is 9.76. The zero-order chi connectivity index (χ0) is 29.1. The van der Waals surface area contributed by atoms with Gasteiger partial charge in [0.2, 0.25) is 0 Å². The maximum atomic E-state index is 13.1. The molecule has 0 saturated heterocycles. The van der Waals surface area contributed by atoms with Gasteiger partial charge in [0.25, 0.3) is 0 Å². The molecule has 1 N–H and O–H groups in total. The summed E-state index contributed by atoms with van der Waals surface area (Å²) >= 11 is 0. The fourth-order valence-electron chi connectivity index (χ4n) is 6.23. The number of fused-ring (bicyclic) bond motifs is 3. The highest BCUT2D eigenvalue weighted by Crippen LogP contribution is 2.46. The molecule has 1 aliphatic heterocycles. The Bertz CT molecular complexity index is 1500. The fourth-order valence-corrected chi connectivity index (χ4v) is 6.23. The maximum Gasteiger partial charge on any atom is 0.356 e. The summed E-state index contributed by atoms with van der Waals surface area (Å²) in [7, 11) is 0. The van der Waals surface area contributed by atoms with Crippen LogP contribution in [0.1, 0.15) is 58.7 Å². The van der Waals surface area contributed by atoms with Crippen molar-refractivity contribution in [1.29, 1.82) is 0 Å². The van der Waals surface area contributed by atoms with Crippen molar-refractivity contribution in [2.24, 2.45) is 0 Å². The third kappa shape index (κ3) is 4.67. The van der Waals surface area contributed by atoms with E-state index in [1.54, 1.807) is 13.8 Å². The van der Waals surface area contributed by atoms with Crippen molar-refractivity contribution in [3.8, 4) is 0 Å². The number of hydrogen-bond donors (Lipinski definition) is 1. The molecule has 0 saturated carbocycles. The van der Waals surface area contributed by atoms with E-state index in [2.05, 4.69) is 89.4 Å². The number of carbonyl (C=O) groups is 2. The van der Waals surface area contributed by atoms with Gasteiger partial charge in [0, 0.05) is 17.3 Å². The van der Waals surface area contributed by atoms with Crippen molar-refractivity contribution in [2.45, 2.75) is 44.8 Å². The summed E-state index contributed by atoms with van der Waals surface area (Å²) in [4.78, 5) is 25.6. The molecule has 0 radical (unpaired) electrons. The topological polar surface area (TPSA) is 85.7 Å². The number of carbonyl (C=O) groups excluding carboxylic acids is 2. The Kier molecular flexibility index (Phi) is 7.63. The second kappa shape index (κ2) is 11.7. The van der Waals surface area contributed by atoms with Crippen LogP contribution in [0.4, 0.5) is 0 Å². The minimum absolute atomic E-state index is 0.0333. The van der Waals surface area contributed by atoms with E-state index in [9.17, 15) is 9.59 Å². The summed E-state index contributed by atoms with van der Waals surface area (Å²) in [5.74, 6) is -0.930. The van der Waals surface area contributed by atoms with Crippen LogP contribution in [0.15, 0.2) is 97.2 Å². The van der Waals surface area contributed by atoms with E-state index in [0.29, 0.717) is 17.8 Å². The molecule has 2 aliphatic rings. The van der Waals surface area contributed by atoms with E-state index in [1.165, 1.54) is 4.68 Å². The standard InChI is InChI=1S/C34H34N4O4/c1-3-41-30(39)23-37-32(33(40)42-4-2)27-20-21-29-28(31(27)36-37)22-38(35-29)34(24-14-8-5-9-15-24,25-16-10-6-11-17-25)26-18-12-7-13-19-26/h5-19,22,29,35H,3-4,20-21,23H2,1-2H3. The first-order chi connectivity index (χ1) is 20.6. The van der Waals surface area contributed by atoms with Crippen LogP contribution in [0, 0.1) is 0 Å². The lowest BCUT2D eigenvalue weighted by Crippen LogP contribution is -2.52. The molecule has 214 valence electrons. The molecule has 1 atom stereocenters. The molecule has 8 nitrogen and oxygen atoms in total. The van der Waals surface area contributed by atoms with Gasteiger partial charge in [0.15, 0.2) is 5.69 Å². The van der Waals surface area contributed by atoms with Gasteiger partial charge in [-0.05, 0) is 43.4 Å². The average molecular weight is 563 g/mol. The SMILES string of the molecule is CCOC(=O)Cn1nc2c(c1C(=O)OCC)CCC1NN(C(c3ccccc3)(c3ccccc3)c3ccccc3)C=C21. The van der Waals surface area contributed by atoms with Gasteiger partial charge >= 0.3 is 11.9 Å². The Morgan fingerprint density at radius 1 is 0.857 bits per heavy atom. The molecular weight excluding hydrogens is 528 g/mol. The first-order valence-corrected chi connectivity index (χ1v) is 14.4. The van der Waals surface area contributed by atoms with Gasteiger partial charge in [-0.15, -0.1) is 0 Å². The number of aromatic nitrogens is 2. The normalized spacial score (nSPS) is 15.9. The van der Waals surface area contributed by atoms with Gasteiger partial charge in [-0.25, -0.2) is 14.9 Å². The van der Waals surface area contributed by atoms with E-state index in [4.69, 9.17) is 14.6 Å². The largest absolute Gasteiger partial charge is 0.465 e. The molecule has 0 amide bonds. The third-order valence-corrected chi connectivity index (χ3v) is 7.93. The Morgan fingerprint density at radius 3 is 1.93 bits per heavy atom. The smallest absolute Gasteiger partial charge is 0.356 e. The summed E-state index contributed by atoms with van der Waals surface area (Å²) in [5, 5.41) is 7.02. The molecule has 0 fully saturated rings. The number of esters is 2. The third-order valence-electron chi connectivity index (χ3n) is 7.93. The minimum atomic E-state index is -0.703. The number of ether oxygens (including phenoxy) is 2. The van der Waals surface area contributed by atoms with Crippen molar-refractivity contribution in [3.05, 3.63) is 131 Å². The van der Waals surface area contributed by atoms with E-state index >= 15 is 0 Å². The van der Waals surface area contributed by atoms with Crippen LogP contribution in [-0.2, 0) is 32.8 Å². The molecule has 1 aliphatic carbocycles. The highest BCUT2D eigenvalue weighted by molar-refractivity contribution is 5.92. The number of hydrazine groups is 1. The zero-order valence-electron chi connectivity index (χ0n) is 23.8. The summed E-state index contributed by atoms with van der Waals surface area (Å²) in [6.07, 6.45) is 3.48. The lowest BCUT2D eigenvalue weighted by molar-refractivity contribution is -0.144. The van der Waals surface area contributed by atoms with Crippen molar-refractivity contribution in [3.63, 3.8) is 0 Å². The quantitative estimate of drug-likeness (QED) is 0.225. The van der Waals surface area contributed by atoms with E-state index < -0.39 is 17.5 Å². The van der Waals surface area contributed by atoms with Crippen LogP contribution in [0.5, 0.6) is 0 Å². The Hall–Kier alpha value is -4.69. The van der Waals surface area contributed by atoms with Gasteiger partial charge in [0.05, 0.1) is 24.9 Å². The predicted octanol–water partition coefficient (Wildman–Crippen LogP) is 5.09. The van der Waals surface area contributed by atoms with Crippen LogP contribution < -0.4 is 5.43 Å². The van der Waals surface area contributed by atoms with Crippen LogP contribution in [-0.4, -0.2) is 46.0 Å². The number of hydrogen-bond acceptors (Lipinski definition) is 7. The van der Waals surface area contributed by atoms with Crippen LogP contribution >= 0.6 is 0 Å². The number of nitrogens with zero attached hydrogens (tertiary/aromatic N) is 3. The molecule has 0 bridgehead atoms. The Labute approximate surface area is 245 Å². The van der Waals surface area contributed by atoms with Crippen LogP contribution in [0.3, 0.4) is 0 Å². The van der Waals surface area contributed by atoms with Crippen molar-refractivity contribution in [2.75, 3.05) is 13.2 Å². The molecule has 42 heavy (non-hydrogen) atoms. The molecule has 4 aromatic rings. The van der Waals surface area contributed by atoms with Gasteiger partial charge < -0.3 is 9.47 Å². The van der Waals surface area contributed by atoms with Crippen molar-refractivity contribution in [1.82, 2.24) is 20.2 Å². The highest BCUT2D eigenvalue weighted by Gasteiger charge is 2.47. The zero-order valence-corrected chi connectivity index (χ0v) is 23.8. The minimum Gasteiger partial charge on any atom is -0.465 e. The van der Waals surface area contributed by atoms with Crippen LogP contribution in [0.25, 0.3) is 5.57 Å². The number of benzene rings is 3. The molecule has 2 heterocycles. The number of nitrogens with one attached hydrogen (secondary N) is 1. The molecule has 1 aromatic heterocycles. The maximum absolute atomic E-state index is 13.1. The second-order valence-electron chi connectivity index (χ2n) is 10.3. The monoisotopic (exact) mass is 562 g/mol. The van der Waals surface area contributed by atoms with Crippen LogP contribution in [0.2, 0.25) is 0 Å². The van der Waals surface area contributed by atoms with Gasteiger partial charge in [0.1, 0.15) is 12.1 Å². The molecular formula is C34H34N4O4. The lowest BCUT2D eigenvalue weighted by Gasteiger charge is -2.44. The van der Waals surface area contributed by atoms with E-state index in [0.717, 1.165) is 34.2 Å². The second-order valence-corrected chi connectivity index (χ2v) is 10.3. The summed E-state index contributed by atoms with van der Waals surface area (Å²) in [5.41, 5.74) is 9.19. The summed E-state index contributed by atoms with van der Waals surface area (Å²) in [6.45, 7) is 3.84. The molecule has 1 unspecified atom stereocenters. The Balaban J connectivity index is 1.53. The predicted molar refractivity (Wildman–Crippen MR) is 159 cm³/mol. The molecule has 8 heteroatoms. The molecule has 6 rings (SSSR count). The van der Waals surface area contributed by atoms with Gasteiger partial charge in [-0.3, -0.25) is 9.80 Å². The molecule has 3 aromatic carbocycles. The van der Waals surface area contributed by atoms with E-state index in [1.807, 2.05) is 18.2 Å². The fraction of sp³-hybridized carbons (Fsp3) is 0.265. The van der Waals surface area contributed by atoms with E-state index in [-0.39, 0.29) is 25.8 Å². The first-order valence-electron chi connectivity index (χ1n) is 14.4. The first kappa shape index (κ1) is 27.5. The van der Waals surface area contributed by atoms with Gasteiger partial charge in [-0.1, -0.05) is 91.0 Å². The summed E-state index contributed by atoms with van der Waals surface area (Å²) < 4.78 is 12.0. The molecule has 0 spiro atoms. The van der Waals surface area contributed by atoms with Crippen molar-refractivity contribution >= 4 is 17.5 Å². The summed E-state index contributed by atoms with van der Waals surface area (Å²) in [6, 6.07) is 31.3. The van der Waals surface area contributed by atoms with Crippen molar-refractivity contribution < 1.29 is 19.1 Å².